The van der Waals surface area contributed by atoms with Gasteiger partial charge in [-0.1, -0.05) is 61.2 Å². The highest BCUT2D eigenvalue weighted by Crippen LogP contribution is 2.26. The molecular formula is C19H16F2. The van der Waals surface area contributed by atoms with E-state index in [0.29, 0.717) is 11.1 Å². The molecule has 0 amide bonds. The van der Waals surface area contributed by atoms with Gasteiger partial charge in [-0.15, -0.1) is 0 Å². The Kier molecular flexibility index (Phi) is 4.49. The second kappa shape index (κ2) is 6.31. The fraction of sp³-hybridized carbons (Fsp3) is 0.0526. The van der Waals surface area contributed by atoms with Crippen LogP contribution in [0.5, 0.6) is 0 Å². The van der Waals surface area contributed by atoms with Crippen molar-refractivity contribution in [3.63, 3.8) is 0 Å². The molecule has 0 radical (unpaired) electrons. The molecule has 2 aromatic rings. The summed E-state index contributed by atoms with van der Waals surface area (Å²) in [6.07, 6.45) is 2.57. The zero-order valence-electron chi connectivity index (χ0n) is 11.9. The first-order chi connectivity index (χ1) is 9.97. The summed E-state index contributed by atoms with van der Waals surface area (Å²) < 4.78 is 26.8. The van der Waals surface area contributed by atoms with E-state index in [4.69, 9.17) is 0 Å². The molecule has 0 unspecified atom stereocenters. The van der Waals surface area contributed by atoms with Gasteiger partial charge in [0.25, 0.3) is 0 Å². The van der Waals surface area contributed by atoms with E-state index in [1.54, 1.807) is 6.07 Å². The number of allylic oxidation sites excluding steroid dienone is 4. The van der Waals surface area contributed by atoms with Crippen LogP contribution in [0.3, 0.4) is 0 Å². The van der Waals surface area contributed by atoms with Crippen LogP contribution in [0.25, 0.3) is 16.7 Å². The number of hydrogen-bond donors (Lipinski definition) is 0. The van der Waals surface area contributed by atoms with Crippen LogP contribution in [0.1, 0.15) is 11.1 Å². The van der Waals surface area contributed by atoms with Gasteiger partial charge in [-0.25, -0.2) is 8.78 Å². The van der Waals surface area contributed by atoms with Crippen molar-refractivity contribution < 1.29 is 8.78 Å². The smallest absolute Gasteiger partial charge is 0.131 e. The van der Waals surface area contributed by atoms with E-state index >= 15 is 0 Å². The van der Waals surface area contributed by atoms with Gasteiger partial charge < -0.3 is 0 Å². The first-order valence-electron chi connectivity index (χ1n) is 6.56. The fourth-order valence-electron chi connectivity index (χ4n) is 2.06. The lowest BCUT2D eigenvalue weighted by Crippen LogP contribution is -1.89. The Bertz CT molecular complexity index is 724. The molecule has 21 heavy (non-hydrogen) atoms. The summed E-state index contributed by atoms with van der Waals surface area (Å²) in [5.74, 6) is -0.971. The van der Waals surface area contributed by atoms with Gasteiger partial charge in [0.1, 0.15) is 11.6 Å². The zero-order valence-corrected chi connectivity index (χ0v) is 11.9. The van der Waals surface area contributed by atoms with Gasteiger partial charge in [0.05, 0.1) is 0 Å². The Balaban J connectivity index is 2.34. The minimum Gasteiger partial charge on any atom is -0.208 e. The maximum atomic E-state index is 14.2. The predicted molar refractivity (Wildman–Crippen MR) is 85.0 cm³/mol. The van der Waals surface area contributed by atoms with Gasteiger partial charge >= 0.3 is 0 Å². The Labute approximate surface area is 123 Å². The van der Waals surface area contributed by atoms with E-state index in [9.17, 15) is 8.78 Å². The molecule has 0 fully saturated rings. The molecule has 2 aromatic carbocycles. The van der Waals surface area contributed by atoms with Gasteiger partial charge in [-0.3, -0.25) is 0 Å². The van der Waals surface area contributed by atoms with Crippen LogP contribution in [-0.4, -0.2) is 0 Å². The molecular weight excluding hydrogens is 266 g/mol. The molecule has 0 aromatic heterocycles. The van der Waals surface area contributed by atoms with Crippen molar-refractivity contribution in [1.29, 1.82) is 0 Å². The molecule has 0 heterocycles. The highest BCUT2D eigenvalue weighted by molar-refractivity contribution is 5.75. The summed E-state index contributed by atoms with van der Waals surface area (Å²) in [6, 6.07) is 12.8. The lowest BCUT2D eigenvalue weighted by Gasteiger charge is -2.07. The van der Waals surface area contributed by atoms with Gasteiger partial charge in [0, 0.05) is 5.56 Å². The van der Waals surface area contributed by atoms with E-state index in [2.05, 4.69) is 13.2 Å². The van der Waals surface area contributed by atoms with E-state index in [-0.39, 0.29) is 5.82 Å². The average molecular weight is 282 g/mol. The van der Waals surface area contributed by atoms with E-state index in [1.807, 2.05) is 37.3 Å². The van der Waals surface area contributed by atoms with Gasteiger partial charge in [0.15, 0.2) is 0 Å². The van der Waals surface area contributed by atoms with Crippen LogP contribution in [0.4, 0.5) is 8.78 Å². The van der Waals surface area contributed by atoms with E-state index in [1.165, 1.54) is 12.1 Å². The molecule has 2 heteroatoms. The largest absolute Gasteiger partial charge is 0.208 e. The number of benzene rings is 2. The summed E-state index contributed by atoms with van der Waals surface area (Å²) in [5.41, 5.74) is 3.63. The van der Waals surface area contributed by atoms with Gasteiger partial charge in [-0.05, 0) is 35.8 Å². The van der Waals surface area contributed by atoms with Crippen molar-refractivity contribution in [1.82, 2.24) is 0 Å². The van der Waals surface area contributed by atoms with Gasteiger partial charge in [-0.2, -0.15) is 0 Å². The Hall–Kier alpha value is -2.48. The van der Waals surface area contributed by atoms with Crippen LogP contribution in [-0.2, 0) is 0 Å². The summed E-state index contributed by atoms with van der Waals surface area (Å²) >= 11 is 0. The summed E-state index contributed by atoms with van der Waals surface area (Å²) in [4.78, 5) is 0. The molecule has 106 valence electrons. The quantitative estimate of drug-likeness (QED) is 0.617. The van der Waals surface area contributed by atoms with E-state index < -0.39 is 5.83 Å². The third-order valence-electron chi connectivity index (χ3n) is 3.13. The molecule has 0 spiro atoms. The minimum atomic E-state index is -0.590. The number of aryl methyl sites for hydroxylation is 1. The Morgan fingerprint density at radius 2 is 1.71 bits per heavy atom. The van der Waals surface area contributed by atoms with Crippen molar-refractivity contribution >= 4 is 5.57 Å². The third-order valence-corrected chi connectivity index (χ3v) is 3.13. The summed E-state index contributed by atoms with van der Waals surface area (Å²) in [6.45, 7) is 8.85. The first-order valence-corrected chi connectivity index (χ1v) is 6.56. The molecule has 2 rings (SSSR count). The topological polar surface area (TPSA) is 0 Å². The van der Waals surface area contributed by atoms with Crippen molar-refractivity contribution in [2.24, 2.45) is 0 Å². The molecule has 0 N–H and O–H groups in total. The standard InChI is InChI=1S/C19H16F2/c1-13-5-4-6-16(11-13)17-9-10-18(19(21)12-17)14(2)7-8-15(3)20/h4-12H,2-3H2,1H3/b8-7-. The number of halogens is 2. The zero-order chi connectivity index (χ0) is 15.4. The second-order valence-electron chi connectivity index (χ2n) is 4.87. The third kappa shape index (κ3) is 3.76. The lowest BCUT2D eigenvalue weighted by atomic mass is 9.99. The fourth-order valence-corrected chi connectivity index (χ4v) is 2.06. The SMILES string of the molecule is C=C(F)/C=C\C(=C)c1ccc(-c2cccc(C)c2)cc1F. The van der Waals surface area contributed by atoms with E-state index in [0.717, 1.165) is 22.8 Å². The van der Waals surface area contributed by atoms with Crippen LogP contribution >= 0.6 is 0 Å². The molecule has 0 saturated carbocycles. The minimum absolute atomic E-state index is 0.351. The van der Waals surface area contributed by atoms with Crippen molar-refractivity contribution in [3.8, 4) is 11.1 Å². The lowest BCUT2D eigenvalue weighted by molar-refractivity contribution is 0.625. The predicted octanol–water partition coefficient (Wildman–Crippen LogP) is 5.85. The Morgan fingerprint density at radius 1 is 1.00 bits per heavy atom. The average Bonchev–Trinajstić information content (AvgIpc) is 2.44. The number of rotatable bonds is 4. The first kappa shape index (κ1) is 14.9. The highest BCUT2D eigenvalue weighted by atomic mass is 19.1. The molecule has 0 nitrogen and oxygen atoms in total. The summed E-state index contributed by atoms with van der Waals surface area (Å²) in [5, 5.41) is 0. The summed E-state index contributed by atoms with van der Waals surface area (Å²) in [7, 11) is 0. The molecule has 0 aliphatic rings. The molecule has 0 aliphatic heterocycles. The maximum absolute atomic E-state index is 14.2. The van der Waals surface area contributed by atoms with Gasteiger partial charge in [0.2, 0.25) is 0 Å². The van der Waals surface area contributed by atoms with Crippen molar-refractivity contribution in [2.45, 2.75) is 6.92 Å². The Morgan fingerprint density at radius 3 is 2.33 bits per heavy atom. The molecule has 0 bridgehead atoms. The molecule has 0 saturated heterocycles. The van der Waals surface area contributed by atoms with Crippen LogP contribution < -0.4 is 0 Å². The second-order valence-corrected chi connectivity index (χ2v) is 4.87. The normalized spacial score (nSPS) is 10.8. The van der Waals surface area contributed by atoms with Crippen LogP contribution in [0.2, 0.25) is 0 Å². The van der Waals surface area contributed by atoms with Crippen LogP contribution in [0, 0.1) is 12.7 Å². The maximum Gasteiger partial charge on any atom is 0.131 e. The number of hydrogen-bond acceptors (Lipinski definition) is 0. The van der Waals surface area contributed by atoms with Crippen LogP contribution in [0.15, 0.2) is 73.6 Å². The monoisotopic (exact) mass is 282 g/mol. The highest BCUT2D eigenvalue weighted by Gasteiger charge is 2.07. The molecule has 0 atom stereocenters. The van der Waals surface area contributed by atoms with Crippen molar-refractivity contribution in [2.75, 3.05) is 0 Å². The van der Waals surface area contributed by atoms with Crippen molar-refractivity contribution in [3.05, 3.63) is 90.5 Å². The molecule has 0 aliphatic carbocycles.